The van der Waals surface area contributed by atoms with Crippen LogP contribution in [0.5, 0.6) is 0 Å². The normalized spacial score (nSPS) is 10.9. The van der Waals surface area contributed by atoms with Crippen molar-refractivity contribution in [3.8, 4) is 5.69 Å². The molecule has 0 bridgehead atoms. The van der Waals surface area contributed by atoms with E-state index in [1.54, 1.807) is 6.07 Å². The number of fused-ring (bicyclic) bond motifs is 1. The highest BCUT2D eigenvalue weighted by Gasteiger charge is 2.05. The molecule has 2 N–H and O–H groups in total. The van der Waals surface area contributed by atoms with E-state index in [1.165, 1.54) is 12.1 Å². The third-order valence-corrected chi connectivity index (χ3v) is 2.85. The lowest BCUT2D eigenvalue weighted by molar-refractivity contribution is 0.629. The van der Waals surface area contributed by atoms with Gasteiger partial charge in [0.05, 0.1) is 16.9 Å². The number of hydrogen-bond donors (Lipinski definition) is 1. The molecule has 1 aromatic heterocycles. The molecular formula is C14H11FN2. The highest BCUT2D eigenvalue weighted by Crippen LogP contribution is 2.24. The van der Waals surface area contributed by atoms with E-state index < -0.39 is 0 Å². The first kappa shape index (κ1) is 9.90. The molecule has 0 aliphatic carbocycles. The summed E-state index contributed by atoms with van der Waals surface area (Å²) in [5, 5.41) is 0.869. The Kier molecular flexibility index (Phi) is 2.11. The van der Waals surface area contributed by atoms with Crippen molar-refractivity contribution in [1.82, 2.24) is 4.57 Å². The molecule has 3 rings (SSSR count). The Hall–Kier alpha value is -2.29. The fourth-order valence-corrected chi connectivity index (χ4v) is 2.03. The topological polar surface area (TPSA) is 30.9 Å². The predicted octanol–water partition coefficient (Wildman–Crippen LogP) is 3.35. The second kappa shape index (κ2) is 3.63. The summed E-state index contributed by atoms with van der Waals surface area (Å²) in [5.41, 5.74) is 8.50. The Balaban J connectivity index is 2.29. The van der Waals surface area contributed by atoms with Gasteiger partial charge in [-0.25, -0.2) is 4.39 Å². The van der Waals surface area contributed by atoms with Crippen molar-refractivity contribution >= 4 is 16.6 Å². The molecule has 2 aromatic carbocycles. The Bertz CT molecular complexity index is 686. The van der Waals surface area contributed by atoms with Gasteiger partial charge in [-0.3, -0.25) is 0 Å². The van der Waals surface area contributed by atoms with Crippen LogP contribution in [0.2, 0.25) is 0 Å². The summed E-state index contributed by atoms with van der Waals surface area (Å²) in [4.78, 5) is 0. The van der Waals surface area contributed by atoms with Crippen molar-refractivity contribution in [3.63, 3.8) is 0 Å². The fraction of sp³-hybridized carbons (Fsp3) is 0. The predicted molar refractivity (Wildman–Crippen MR) is 67.6 cm³/mol. The molecule has 0 saturated heterocycles. The molecule has 0 aliphatic rings. The molecule has 0 spiro atoms. The first-order valence-electron chi connectivity index (χ1n) is 5.37. The number of hydrogen-bond acceptors (Lipinski definition) is 1. The van der Waals surface area contributed by atoms with Crippen molar-refractivity contribution in [2.45, 2.75) is 0 Å². The molecule has 0 saturated carbocycles. The average molecular weight is 226 g/mol. The van der Waals surface area contributed by atoms with Gasteiger partial charge in [-0.05, 0) is 36.4 Å². The largest absolute Gasteiger partial charge is 0.397 e. The first-order valence-corrected chi connectivity index (χ1v) is 5.37. The minimum atomic E-state index is -0.226. The summed E-state index contributed by atoms with van der Waals surface area (Å²) >= 11 is 0. The second-order valence-corrected chi connectivity index (χ2v) is 3.95. The van der Waals surface area contributed by atoms with E-state index in [2.05, 4.69) is 0 Å². The molecule has 1 heterocycles. The smallest absolute Gasteiger partial charge is 0.123 e. The highest BCUT2D eigenvalue weighted by molar-refractivity contribution is 5.83. The molecular weight excluding hydrogens is 215 g/mol. The number of nitrogen functional groups attached to an aromatic ring is 1. The van der Waals surface area contributed by atoms with Crippen LogP contribution >= 0.6 is 0 Å². The number of aromatic nitrogens is 1. The quantitative estimate of drug-likeness (QED) is 0.634. The Morgan fingerprint density at radius 1 is 1.00 bits per heavy atom. The van der Waals surface area contributed by atoms with Gasteiger partial charge in [0.2, 0.25) is 0 Å². The summed E-state index contributed by atoms with van der Waals surface area (Å²) in [6.45, 7) is 0. The van der Waals surface area contributed by atoms with Crippen LogP contribution in [0.15, 0.2) is 54.7 Å². The molecule has 84 valence electrons. The molecule has 0 amide bonds. The zero-order valence-corrected chi connectivity index (χ0v) is 9.10. The standard InChI is InChI=1S/C14H11FN2/c15-11-5-6-13-10(9-11)7-8-17(13)14-4-2-1-3-12(14)16/h1-9H,16H2. The van der Waals surface area contributed by atoms with Crippen LogP contribution in [-0.2, 0) is 0 Å². The SMILES string of the molecule is Nc1ccccc1-n1ccc2cc(F)ccc21. The highest BCUT2D eigenvalue weighted by atomic mass is 19.1. The molecule has 17 heavy (non-hydrogen) atoms. The van der Waals surface area contributed by atoms with E-state index in [0.717, 1.165) is 16.6 Å². The van der Waals surface area contributed by atoms with Crippen molar-refractivity contribution in [1.29, 1.82) is 0 Å². The van der Waals surface area contributed by atoms with Gasteiger partial charge in [0.1, 0.15) is 5.82 Å². The van der Waals surface area contributed by atoms with E-state index in [-0.39, 0.29) is 5.82 Å². The number of nitrogens with two attached hydrogens (primary N) is 1. The van der Waals surface area contributed by atoms with E-state index >= 15 is 0 Å². The second-order valence-electron chi connectivity index (χ2n) is 3.95. The van der Waals surface area contributed by atoms with Crippen LogP contribution in [0, 0.1) is 5.82 Å². The Labute approximate surface area is 98.1 Å². The number of para-hydroxylation sites is 2. The number of benzene rings is 2. The zero-order valence-electron chi connectivity index (χ0n) is 9.10. The lowest BCUT2D eigenvalue weighted by Crippen LogP contribution is -1.97. The molecule has 0 aliphatic heterocycles. The molecule has 0 atom stereocenters. The van der Waals surface area contributed by atoms with Crippen molar-refractivity contribution in [2.75, 3.05) is 5.73 Å². The van der Waals surface area contributed by atoms with Gasteiger partial charge < -0.3 is 10.3 Å². The monoisotopic (exact) mass is 226 g/mol. The van der Waals surface area contributed by atoms with Crippen LogP contribution in [0.25, 0.3) is 16.6 Å². The maximum absolute atomic E-state index is 13.1. The first-order chi connectivity index (χ1) is 8.25. The number of rotatable bonds is 1. The molecule has 2 nitrogen and oxygen atoms in total. The summed E-state index contributed by atoms with van der Waals surface area (Å²) in [6.07, 6.45) is 1.90. The molecule has 3 heteroatoms. The van der Waals surface area contributed by atoms with Gasteiger partial charge >= 0.3 is 0 Å². The van der Waals surface area contributed by atoms with Gasteiger partial charge in [-0.15, -0.1) is 0 Å². The molecule has 0 unspecified atom stereocenters. The average Bonchev–Trinajstić information content (AvgIpc) is 2.72. The van der Waals surface area contributed by atoms with Crippen LogP contribution in [0.4, 0.5) is 10.1 Å². The number of anilines is 1. The fourth-order valence-electron chi connectivity index (χ4n) is 2.03. The molecule has 0 fully saturated rings. The summed E-state index contributed by atoms with van der Waals surface area (Å²) < 4.78 is 15.1. The third kappa shape index (κ3) is 1.56. The lowest BCUT2D eigenvalue weighted by Gasteiger charge is -2.08. The van der Waals surface area contributed by atoms with Crippen molar-refractivity contribution in [3.05, 3.63) is 60.5 Å². The maximum Gasteiger partial charge on any atom is 0.123 e. The molecule has 3 aromatic rings. The van der Waals surface area contributed by atoms with Crippen molar-refractivity contribution in [2.24, 2.45) is 0 Å². The van der Waals surface area contributed by atoms with Gasteiger partial charge in [0, 0.05) is 11.6 Å². The molecule has 0 radical (unpaired) electrons. The minimum absolute atomic E-state index is 0.226. The van der Waals surface area contributed by atoms with E-state index in [0.29, 0.717) is 5.69 Å². The van der Waals surface area contributed by atoms with E-state index in [9.17, 15) is 4.39 Å². The van der Waals surface area contributed by atoms with Crippen LogP contribution < -0.4 is 5.73 Å². The van der Waals surface area contributed by atoms with Gasteiger partial charge in [0.15, 0.2) is 0 Å². The van der Waals surface area contributed by atoms with Gasteiger partial charge in [0.25, 0.3) is 0 Å². The lowest BCUT2D eigenvalue weighted by atomic mass is 10.2. The maximum atomic E-state index is 13.1. The summed E-state index contributed by atoms with van der Waals surface area (Å²) in [7, 11) is 0. The summed E-state index contributed by atoms with van der Waals surface area (Å²) in [5.74, 6) is -0.226. The Morgan fingerprint density at radius 2 is 1.82 bits per heavy atom. The van der Waals surface area contributed by atoms with E-state index in [1.807, 2.05) is 41.1 Å². The minimum Gasteiger partial charge on any atom is -0.397 e. The van der Waals surface area contributed by atoms with Crippen LogP contribution in [0.3, 0.4) is 0 Å². The summed E-state index contributed by atoms with van der Waals surface area (Å²) in [6, 6.07) is 14.2. The van der Waals surface area contributed by atoms with Crippen molar-refractivity contribution < 1.29 is 4.39 Å². The third-order valence-electron chi connectivity index (χ3n) is 2.85. The zero-order chi connectivity index (χ0) is 11.8. The van der Waals surface area contributed by atoms with Gasteiger partial charge in [-0.2, -0.15) is 0 Å². The van der Waals surface area contributed by atoms with Gasteiger partial charge in [-0.1, -0.05) is 12.1 Å². The van der Waals surface area contributed by atoms with Crippen LogP contribution in [0.1, 0.15) is 0 Å². The number of halogens is 1. The van der Waals surface area contributed by atoms with E-state index in [4.69, 9.17) is 5.73 Å². The number of nitrogens with zero attached hydrogens (tertiary/aromatic N) is 1. The Morgan fingerprint density at radius 3 is 2.65 bits per heavy atom. The van der Waals surface area contributed by atoms with Crippen LogP contribution in [-0.4, -0.2) is 4.57 Å².